The maximum Gasteiger partial charge on any atom is 0.332 e. The summed E-state index contributed by atoms with van der Waals surface area (Å²) in [5.74, 6) is 0.690. The van der Waals surface area contributed by atoms with Crippen LogP contribution in [0.25, 0.3) is 11.2 Å². The zero-order valence-electron chi connectivity index (χ0n) is 16.3. The van der Waals surface area contributed by atoms with E-state index >= 15 is 0 Å². The average molecular weight is 421 g/mol. The third-order valence-electron chi connectivity index (χ3n) is 4.91. The molecule has 2 N–H and O–H groups in total. The first-order chi connectivity index (χ1) is 14.0. The number of aromatic nitrogens is 4. The fourth-order valence-electron chi connectivity index (χ4n) is 3.37. The van der Waals surface area contributed by atoms with E-state index < -0.39 is 11.2 Å². The van der Waals surface area contributed by atoms with Crippen LogP contribution in [-0.4, -0.2) is 42.1 Å². The number of fused-ring (bicyclic) bond motifs is 1. The second kappa shape index (κ2) is 9.39. The van der Waals surface area contributed by atoms with Crippen molar-refractivity contribution in [2.45, 2.75) is 38.8 Å². The standard InChI is InChI=1S/C20H25ClN4O4/c1-23-18-17(19(28)24(20(23)29)10-4-12-27)25(16(22-18)5-2-3-11-26)13-14-6-8-15(21)9-7-14/h6-9,26-27H,2-5,10-13H2,1H3. The monoisotopic (exact) mass is 420 g/mol. The molecule has 3 rings (SSSR count). The number of rotatable bonds is 9. The van der Waals surface area contributed by atoms with Gasteiger partial charge < -0.3 is 14.8 Å². The Morgan fingerprint density at radius 3 is 2.34 bits per heavy atom. The molecule has 8 nitrogen and oxygen atoms in total. The molecule has 0 atom stereocenters. The Labute approximate surface area is 172 Å². The summed E-state index contributed by atoms with van der Waals surface area (Å²) in [5.41, 5.74) is 0.792. The number of aliphatic hydroxyl groups is 2. The molecule has 0 saturated heterocycles. The predicted molar refractivity (Wildman–Crippen MR) is 112 cm³/mol. The van der Waals surface area contributed by atoms with Gasteiger partial charge in [-0.3, -0.25) is 13.9 Å². The van der Waals surface area contributed by atoms with Crippen LogP contribution in [0.1, 0.15) is 30.7 Å². The number of unbranched alkanes of at least 4 members (excludes halogenated alkanes) is 1. The van der Waals surface area contributed by atoms with Gasteiger partial charge >= 0.3 is 5.69 Å². The maximum absolute atomic E-state index is 13.2. The van der Waals surface area contributed by atoms with E-state index in [0.717, 1.165) is 10.1 Å². The first kappa shape index (κ1) is 21.3. The Kier molecular flexibility index (Phi) is 6.89. The van der Waals surface area contributed by atoms with E-state index in [4.69, 9.17) is 21.8 Å². The Morgan fingerprint density at radius 2 is 1.69 bits per heavy atom. The van der Waals surface area contributed by atoms with E-state index in [1.807, 2.05) is 16.7 Å². The summed E-state index contributed by atoms with van der Waals surface area (Å²) < 4.78 is 4.37. The summed E-state index contributed by atoms with van der Waals surface area (Å²) in [7, 11) is 1.59. The summed E-state index contributed by atoms with van der Waals surface area (Å²) >= 11 is 5.98. The number of halogens is 1. The van der Waals surface area contributed by atoms with Crippen molar-refractivity contribution < 1.29 is 10.2 Å². The summed E-state index contributed by atoms with van der Waals surface area (Å²) in [6.07, 6.45) is 2.24. The lowest BCUT2D eigenvalue weighted by Gasteiger charge is -2.11. The van der Waals surface area contributed by atoms with Crippen LogP contribution in [0.4, 0.5) is 0 Å². The molecule has 0 aliphatic rings. The minimum atomic E-state index is -0.450. The normalized spacial score (nSPS) is 11.4. The van der Waals surface area contributed by atoms with Crippen LogP contribution in [0.5, 0.6) is 0 Å². The summed E-state index contributed by atoms with van der Waals surface area (Å²) in [6.45, 7) is 0.535. The van der Waals surface area contributed by atoms with Gasteiger partial charge in [-0.15, -0.1) is 0 Å². The number of hydrogen-bond acceptors (Lipinski definition) is 5. The van der Waals surface area contributed by atoms with Crippen LogP contribution in [0.2, 0.25) is 5.02 Å². The second-order valence-corrected chi connectivity index (χ2v) is 7.41. The molecule has 1 aromatic carbocycles. The topological polar surface area (TPSA) is 102 Å². The van der Waals surface area contributed by atoms with Gasteiger partial charge in [-0.2, -0.15) is 0 Å². The number of aliphatic hydroxyl groups excluding tert-OH is 2. The van der Waals surface area contributed by atoms with Crippen molar-refractivity contribution in [2.24, 2.45) is 7.05 Å². The SMILES string of the molecule is Cn1c(=O)n(CCCO)c(=O)c2c1nc(CCCCO)n2Cc1ccc(Cl)cc1. The van der Waals surface area contributed by atoms with Gasteiger partial charge in [0.1, 0.15) is 5.82 Å². The van der Waals surface area contributed by atoms with Crippen molar-refractivity contribution in [1.82, 2.24) is 18.7 Å². The zero-order chi connectivity index (χ0) is 21.0. The molecule has 0 amide bonds. The van der Waals surface area contributed by atoms with Crippen LogP contribution in [-0.2, 0) is 26.6 Å². The third-order valence-corrected chi connectivity index (χ3v) is 5.17. The highest BCUT2D eigenvalue weighted by molar-refractivity contribution is 6.30. The number of imidazole rings is 1. The van der Waals surface area contributed by atoms with Crippen LogP contribution in [0.3, 0.4) is 0 Å². The first-order valence-electron chi connectivity index (χ1n) is 9.63. The molecule has 0 fully saturated rings. The largest absolute Gasteiger partial charge is 0.396 e. The highest BCUT2D eigenvalue weighted by Gasteiger charge is 2.20. The Morgan fingerprint density at radius 1 is 1.00 bits per heavy atom. The smallest absolute Gasteiger partial charge is 0.332 e. The van der Waals surface area contributed by atoms with Gasteiger partial charge in [0.15, 0.2) is 11.2 Å². The van der Waals surface area contributed by atoms with Crippen LogP contribution in [0.15, 0.2) is 33.9 Å². The Balaban J connectivity index is 2.18. The van der Waals surface area contributed by atoms with E-state index in [1.54, 1.807) is 19.2 Å². The Hall–Kier alpha value is -2.42. The van der Waals surface area contributed by atoms with Gasteiger partial charge in [0.2, 0.25) is 0 Å². The maximum atomic E-state index is 13.2. The number of nitrogens with zero attached hydrogens (tertiary/aromatic N) is 4. The van der Waals surface area contributed by atoms with Crippen molar-refractivity contribution in [3.63, 3.8) is 0 Å². The van der Waals surface area contributed by atoms with Gasteiger partial charge in [-0.1, -0.05) is 23.7 Å². The fraction of sp³-hybridized carbons (Fsp3) is 0.450. The van der Waals surface area contributed by atoms with E-state index in [-0.39, 0.29) is 19.8 Å². The van der Waals surface area contributed by atoms with Crippen molar-refractivity contribution in [3.8, 4) is 0 Å². The quantitative estimate of drug-likeness (QED) is 0.508. The molecule has 29 heavy (non-hydrogen) atoms. The van der Waals surface area contributed by atoms with Crippen molar-refractivity contribution in [3.05, 3.63) is 61.5 Å². The van der Waals surface area contributed by atoms with Gasteiger partial charge in [-0.25, -0.2) is 9.78 Å². The lowest BCUT2D eigenvalue weighted by molar-refractivity contribution is 0.277. The average Bonchev–Trinajstić information content (AvgIpc) is 3.07. The number of aryl methyl sites for hydroxylation is 2. The molecule has 0 spiro atoms. The minimum Gasteiger partial charge on any atom is -0.396 e. The molecular weight excluding hydrogens is 396 g/mol. The van der Waals surface area contributed by atoms with Gasteiger partial charge in [0.05, 0.1) is 0 Å². The van der Waals surface area contributed by atoms with E-state index in [0.29, 0.717) is 54.2 Å². The molecule has 0 saturated carbocycles. The molecule has 0 radical (unpaired) electrons. The van der Waals surface area contributed by atoms with Crippen molar-refractivity contribution >= 4 is 22.8 Å². The summed E-state index contributed by atoms with van der Waals surface area (Å²) in [4.78, 5) is 30.4. The van der Waals surface area contributed by atoms with Gasteiger partial charge in [0, 0.05) is 44.8 Å². The molecule has 0 aliphatic heterocycles. The highest BCUT2D eigenvalue weighted by atomic mass is 35.5. The lowest BCUT2D eigenvalue weighted by Crippen LogP contribution is -2.40. The first-order valence-corrected chi connectivity index (χ1v) is 10.0. The molecule has 9 heteroatoms. The van der Waals surface area contributed by atoms with Crippen LogP contribution in [0, 0.1) is 0 Å². The molecule has 0 bridgehead atoms. The third kappa shape index (κ3) is 4.44. The molecule has 3 aromatic rings. The molecule has 156 valence electrons. The summed E-state index contributed by atoms with van der Waals surface area (Å²) in [6, 6.07) is 7.35. The minimum absolute atomic E-state index is 0.0872. The van der Waals surface area contributed by atoms with Crippen LogP contribution < -0.4 is 11.2 Å². The molecule has 0 aliphatic carbocycles. The molecular formula is C20H25ClN4O4. The Bertz CT molecular complexity index is 1100. The number of hydrogen-bond donors (Lipinski definition) is 2. The van der Waals surface area contributed by atoms with E-state index in [1.165, 1.54) is 4.57 Å². The highest BCUT2D eigenvalue weighted by Crippen LogP contribution is 2.17. The lowest BCUT2D eigenvalue weighted by atomic mass is 10.2. The summed E-state index contributed by atoms with van der Waals surface area (Å²) in [5, 5.41) is 18.8. The number of benzene rings is 1. The van der Waals surface area contributed by atoms with Crippen molar-refractivity contribution in [2.75, 3.05) is 13.2 Å². The fourth-order valence-corrected chi connectivity index (χ4v) is 3.50. The predicted octanol–water partition coefficient (Wildman–Crippen LogP) is 1.30. The van der Waals surface area contributed by atoms with Crippen molar-refractivity contribution in [1.29, 1.82) is 0 Å². The second-order valence-electron chi connectivity index (χ2n) is 6.97. The van der Waals surface area contributed by atoms with Gasteiger partial charge in [-0.05, 0) is 37.0 Å². The van der Waals surface area contributed by atoms with E-state index in [9.17, 15) is 9.59 Å². The van der Waals surface area contributed by atoms with Gasteiger partial charge in [0.25, 0.3) is 5.56 Å². The van der Waals surface area contributed by atoms with E-state index in [2.05, 4.69) is 4.98 Å². The zero-order valence-corrected chi connectivity index (χ0v) is 17.1. The molecule has 2 aromatic heterocycles. The molecule has 2 heterocycles. The molecule has 0 unspecified atom stereocenters. The van der Waals surface area contributed by atoms with Crippen LogP contribution >= 0.6 is 11.6 Å².